The molecule has 2 N–H and O–H groups in total. The first-order valence-corrected chi connectivity index (χ1v) is 6.42. The van der Waals surface area contributed by atoms with E-state index >= 15 is 0 Å². The zero-order valence-corrected chi connectivity index (χ0v) is 11.8. The van der Waals surface area contributed by atoms with Crippen LogP contribution in [-0.2, 0) is 0 Å². The summed E-state index contributed by atoms with van der Waals surface area (Å²) in [5, 5.41) is 5.11. The molecule has 1 aromatic heterocycles. The summed E-state index contributed by atoms with van der Waals surface area (Å²) in [4.78, 5) is 19.4. The number of anilines is 2. The first kappa shape index (κ1) is 15.7. The average molecular weight is 310 g/mol. The van der Waals surface area contributed by atoms with Gasteiger partial charge in [0.2, 0.25) is 0 Å². The van der Waals surface area contributed by atoms with Crippen LogP contribution in [0.15, 0.2) is 24.5 Å². The summed E-state index contributed by atoms with van der Waals surface area (Å²) in [5.74, 6) is -4.59. The molecule has 1 aromatic carbocycles. The molecule has 1 amide bonds. The number of nitrogens with one attached hydrogen (secondary N) is 2. The smallest absolute Gasteiger partial charge is 0.270 e. The van der Waals surface area contributed by atoms with Crippen LogP contribution in [0.4, 0.5) is 24.7 Å². The van der Waals surface area contributed by atoms with Gasteiger partial charge in [-0.25, -0.2) is 23.1 Å². The van der Waals surface area contributed by atoms with Crippen LogP contribution in [0.1, 0.15) is 24.3 Å². The molecule has 2 rings (SSSR count). The van der Waals surface area contributed by atoms with Crippen molar-refractivity contribution in [1.82, 2.24) is 15.3 Å². The lowest BCUT2D eigenvalue weighted by Crippen LogP contribution is -2.30. The third kappa shape index (κ3) is 3.51. The Hall–Kier alpha value is -2.64. The van der Waals surface area contributed by atoms with Crippen LogP contribution in [0, 0.1) is 17.5 Å². The molecule has 116 valence electrons. The summed E-state index contributed by atoms with van der Waals surface area (Å²) in [7, 11) is 0. The van der Waals surface area contributed by atoms with E-state index in [2.05, 4.69) is 20.6 Å². The Labute approximate surface area is 124 Å². The van der Waals surface area contributed by atoms with Crippen molar-refractivity contribution in [2.75, 3.05) is 5.32 Å². The summed E-state index contributed by atoms with van der Waals surface area (Å²) >= 11 is 0. The Bertz CT molecular complexity index is 706. The van der Waals surface area contributed by atoms with Crippen molar-refractivity contribution in [2.45, 2.75) is 19.9 Å². The number of aromatic nitrogens is 2. The third-order valence-corrected chi connectivity index (χ3v) is 2.62. The van der Waals surface area contributed by atoms with Crippen molar-refractivity contribution < 1.29 is 18.0 Å². The van der Waals surface area contributed by atoms with E-state index in [9.17, 15) is 18.0 Å². The number of carbonyl (C=O) groups is 1. The SMILES string of the molecule is CC(C)NC(=O)c1cc(Nc2ccc(F)c(F)c2F)ncn1. The van der Waals surface area contributed by atoms with E-state index in [1.54, 1.807) is 13.8 Å². The van der Waals surface area contributed by atoms with Gasteiger partial charge in [-0.2, -0.15) is 0 Å². The van der Waals surface area contributed by atoms with Crippen LogP contribution in [0.5, 0.6) is 0 Å². The van der Waals surface area contributed by atoms with Crippen molar-refractivity contribution in [3.8, 4) is 0 Å². The third-order valence-electron chi connectivity index (χ3n) is 2.62. The van der Waals surface area contributed by atoms with Gasteiger partial charge in [0, 0.05) is 12.1 Å². The predicted molar refractivity (Wildman–Crippen MR) is 74.2 cm³/mol. The second-order valence-corrected chi connectivity index (χ2v) is 4.76. The lowest BCUT2D eigenvalue weighted by atomic mass is 10.2. The molecule has 1 heterocycles. The largest absolute Gasteiger partial charge is 0.349 e. The normalized spacial score (nSPS) is 10.6. The lowest BCUT2D eigenvalue weighted by Gasteiger charge is -2.10. The van der Waals surface area contributed by atoms with Gasteiger partial charge in [0.25, 0.3) is 5.91 Å². The Morgan fingerprint density at radius 3 is 2.55 bits per heavy atom. The van der Waals surface area contributed by atoms with Crippen molar-refractivity contribution in [1.29, 1.82) is 0 Å². The van der Waals surface area contributed by atoms with E-state index in [4.69, 9.17) is 0 Å². The Morgan fingerprint density at radius 2 is 1.86 bits per heavy atom. The highest BCUT2D eigenvalue weighted by molar-refractivity contribution is 5.93. The predicted octanol–water partition coefficient (Wildman–Crippen LogP) is 2.78. The minimum atomic E-state index is -1.59. The fourth-order valence-corrected chi connectivity index (χ4v) is 1.65. The molecule has 0 aliphatic heterocycles. The van der Waals surface area contributed by atoms with Crippen molar-refractivity contribution in [2.24, 2.45) is 0 Å². The quantitative estimate of drug-likeness (QED) is 0.852. The topological polar surface area (TPSA) is 66.9 Å². The van der Waals surface area contributed by atoms with Crippen LogP contribution in [0.2, 0.25) is 0 Å². The van der Waals surface area contributed by atoms with E-state index in [-0.39, 0.29) is 23.2 Å². The Balaban J connectivity index is 2.24. The van der Waals surface area contributed by atoms with Gasteiger partial charge in [-0.1, -0.05) is 0 Å². The first-order valence-electron chi connectivity index (χ1n) is 6.42. The minimum absolute atomic E-state index is 0.0641. The zero-order chi connectivity index (χ0) is 16.3. The Kier molecular flexibility index (Phi) is 4.59. The summed E-state index contributed by atoms with van der Waals surface area (Å²) in [6.45, 7) is 3.57. The molecule has 0 aliphatic carbocycles. The van der Waals surface area contributed by atoms with Crippen molar-refractivity contribution in [3.63, 3.8) is 0 Å². The fourth-order valence-electron chi connectivity index (χ4n) is 1.65. The van der Waals surface area contributed by atoms with Gasteiger partial charge in [0.05, 0.1) is 5.69 Å². The first-order chi connectivity index (χ1) is 10.4. The number of nitrogens with zero attached hydrogens (tertiary/aromatic N) is 2. The molecule has 0 unspecified atom stereocenters. The molecule has 0 atom stereocenters. The molecule has 0 spiro atoms. The minimum Gasteiger partial charge on any atom is -0.349 e. The number of carbonyl (C=O) groups excluding carboxylic acids is 1. The highest BCUT2D eigenvalue weighted by Crippen LogP contribution is 2.22. The standard InChI is InChI=1S/C14H13F3N4O/c1-7(2)20-14(22)10-5-11(19-6-18-10)21-9-4-3-8(15)12(16)13(9)17/h3-7H,1-2H3,(H,20,22)(H,18,19,21). The summed E-state index contributed by atoms with van der Waals surface area (Å²) in [6, 6.07) is 3.01. The molecule has 0 radical (unpaired) electrons. The molecule has 5 nitrogen and oxygen atoms in total. The molecule has 0 fully saturated rings. The maximum atomic E-state index is 13.6. The van der Waals surface area contributed by atoms with Gasteiger partial charge in [-0.05, 0) is 26.0 Å². The number of amides is 1. The van der Waals surface area contributed by atoms with E-state index in [1.165, 1.54) is 6.07 Å². The molecule has 22 heavy (non-hydrogen) atoms. The van der Waals surface area contributed by atoms with Crippen molar-refractivity contribution >= 4 is 17.4 Å². The number of rotatable bonds is 4. The molecule has 2 aromatic rings. The van der Waals surface area contributed by atoms with Crippen molar-refractivity contribution in [3.05, 3.63) is 47.7 Å². The van der Waals surface area contributed by atoms with Gasteiger partial charge in [-0.3, -0.25) is 4.79 Å². The highest BCUT2D eigenvalue weighted by atomic mass is 19.2. The molecule has 0 saturated heterocycles. The lowest BCUT2D eigenvalue weighted by molar-refractivity contribution is 0.0938. The zero-order valence-electron chi connectivity index (χ0n) is 11.8. The van der Waals surface area contributed by atoms with Crippen LogP contribution in [0.3, 0.4) is 0 Å². The number of benzene rings is 1. The second kappa shape index (κ2) is 6.42. The maximum absolute atomic E-state index is 13.6. The average Bonchev–Trinajstić information content (AvgIpc) is 2.47. The van der Waals surface area contributed by atoms with E-state index in [0.717, 1.165) is 18.5 Å². The molecular formula is C14H13F3N4O. The summed E-state index contributed by atoms with van der Waals surface area (Å²) < 4.78 is 39.6. The van der Waals surface area contributed by atoms with Gasteiger partial charge >= 0.3 is 0 Å². The van der Waals surface area contributed by atoms with Gasteiger partial charge in [0.1, 0.15) is 17.8 Å². The van der Waals surface area contributed by atoms with Crippen LogP contribution in [0.25, 0.3) is 0 Å². The highest BCUT2D eigenvalue weighted by Gasteiger charge is 2.15. The number of hydrogen-bond donors (Lipinski definition) is 2. The number of hydrogen-bond acceptors (Lipinski definition) is 4. The maximum Gasteiger partial charge on any atom is 0.270 e. The summed E-state index contributed by atoms with van der Waals surface area (Å²) in [6.07, 6.45) is 1.11. The monoisotopic (exact) mass is 310 g/mol. The molecule has 0 saturated carbocycles. The fraction of sp³-hybridized carbons (Fsp3) is 0.214. The second-order valence-electron chi connectivity index (χ2n) is 4.76. The van der Waals surface area contributed by atoms with Crippen LogP contribution >= 0.6 is 0 Å². The molecule has 0 aliphatic rings. The summed E-state index contributed by atoms with van der Waals surface area (Å²) in [5.41, 5.74) is -0.234. The van der Waals surface area contributed by atoms with Crippen LogP contribution < -0.4 is 10.6 Å². The van der Waals surface area contributed by atoms with Gasteiger partial charge < -0.3 is 10.6 Å². The molecule has 0 bridgehead atoms. The molecule has 8 heteroatoms. The van der Waals surface area contributed by atoms with E-state index in [0.29, 0.717) is 0 Å². The van der Waals surface area contributed by atoms with Gasteiger partial charge in [0.15, 0.2) is 17.5 Å². The number of halogens is 3. The Morgan fingerprint density at radius 1 is 1.14 bits per heavy atom. The van der Waals surface area contributed by atoms with Crippen LogP contribution in [-0.4, -0.2) is 21.9 Å². The van der Waals surface area contributed by atoms with Gasteiger partial charge in [-0.15, -0.1) is 0 Å². The van der Waals surface area contributed by atoms with E-state index < -0.39 is 23.4 Å². The molecular weight excluding hydrogens is 297 g/mol. The van der Waals surface area contributed by atoms with E-state index in [1.807, 2.05) is 0 Å².